The van der Waals surface area contributed by atoms with Gasteiger partial charge in [0.15, 0.2) is 5.78 Å². The maximum absolute atomic E-state index is 12.7. The summed E-state index contributed by atoms with van der Waals surface area (Å²) in [6, 6.07) is 18.2. The van der Waals surface area contributed by atoms with Gasteiger partial charge in [0.05, 0.1) is 24.2 Å². The Balaban J connectivity index is 1.68. The van der Waals surface area contributed by atoms with Gasteiger partial charge in [-0.2, -0.15) is 0 Å². The van der Waals surface area contributed by atoms with E-state index in [2.05, 4.69) is 21.6 Å². The van der Waals surface area contributed by atoms with Crippen LogP contribution in [0.15, 0.2) is 54.6 Å². The number of benzene rings is 2. The van der Waals surface area contributed by atoms with E-state index < -0.39 is 0 Å². The quantitative estimate of drug-likeness (QED) is 0.491. The summed E-state index contributed by atoms with van der Waals surface area (Å²) in [5, 5.41) is 0. The summed E-state index contributed by atoms with van der Waals surface area (Å²) in [6.07, 6.45) is 0. The molecule has 1 fully saturated rings. The molecule has 0 bridgehead atoms. The van der Waals surface area contributed by atoms with Crippen LogP contribution in [0.3, 0.4) is 0 Å². The largest absolute Gasteiger partial charge is 0.379 e. The van der Waals surface area contributed by atoms with E-state index in [-0.39, 0.29) is 5.78 Å². The molecule has 1 saturated heterocycles. The summed E-state index contributed by atoms with van der Waals surface area (Å²) in [5.41, 5.74) is 4.48. The number of hydrogen-bond donors (Lipinski definition) is 0. The summed E-state index contributed by atoms with van der Waals surface area (Å²) >= 11 is 0. The van der Waals surface area contributed by atoms with Gasteiger partial charge in [0.1, 0.15) is 11.4 Å². The number of hydrogen-bond acceptors (Lipinski definition) is 4. The van der Waals surface area contributed by atoms with E-state index in [9.17, 15) is 4.79 Å². The molecule has 6 heteroatoms. The number of para-hydroxylation sites is 2. The van der Waals surface area contributed by atoms with Crippen molar-refractivity contribution in [2.24, 2.45) is 0 Å². The SMILES string of the molecule is CC(=O)c1c(-c2ccccc2)nc2n(CCN3CCOCC3)c3ccccc3n12. The Bertz CT molecular complexity index is 1170. The van der Waals surface area contributed by atoms with E-state index in [1.165, 1.54) is 0 Å². The van der Waals surface area contributed by atoms with E-state index in [4.69, 9.17) is 9.72 Å². The van der Waals surface area contributed by atoms with Gasteiger partial charge in [-0.1, -0.05) is 42.5 Å². The molecule has 0 amide bonds. The van der Waals surface area contributed by atoms with E-state index in [1.54, 1.807) is 6.92 Å². The third-order valence-corrected chi connectivity index (χ3v) is 5.64. The average molecular weight is 388 g/mol. The van der Waals surface area contributed by atoms with Gasteiger partial charge in [-0.05, 0) is 12.1 Å². The van der Waals surface area contributed by atoms with Gasteiger partial charge < -0.3 is 9.30 Å². The highest BCUT2D eigenvalue weighted by atomic mass is 16.5. The minimum atomic E-state index is 0.0208. The molecule has 0 spiro atoms. The third-order valence-electron chi connectivity index (χ3n) is 5.64. The number of aromatic nitrogens is 3. The van der Waals surface area contributed by atoms with Crippen LogP contribution in [0, 0.1) is 0 Å². The Morgan fingerprint density at radius 1 is 0.966 bits per heavy atom. The van der Waals surface area contributed by atoms with Crippen LogP contribution >= 0.6 is 0 Å². The predicted molar refractivity (Wildman–Crippen MR) is 113 cm³/mol. The lowest BCUT2D eigenvalue weighted by atomic mass is 10.1. The number of ether oxygens (including phenoxy) is 1. The molecule has 0 radical (unpaired) electrons. The number of Topliss-reactive ketones (excluding diaryl/α,β-unsaturated/α-hetero) is 1. The topological polar surface area (TPSA) is 51.8 Å². The molecule has 1 aliphatic heterocycles. The summed E-state index contributed by atoms with van der Waals surface area (Å²) in [6.45, 7) is 6.86. The molecule has 5 rings (SSSR count). The van der Waals surface area contributed by atoms with E-state index in [0.29, 0.717) is 5.69 Å². The van der Waals surface area contributed by atoms with Crippen molar-refractivity contribution in [3.63, 3.8) is 0 Å². The number of carbonyl (C=O) groups excluding carboxylic acids is 1. The maximum atomic E-state index is 12.7. The highest BCUT2D eigenvalue weighted by Gasteiger charge is 2.23. The van der Waals surface area contributed by atoms with Crippen LogP contribution < -0.4 is 0 Å². The Kier molecular flexibility index (Phi) is 4.66. The van der Waals surface area contributed by atoms with E-state index >= 15 is 0 Å². The zero-order valence-electron chi connectivity index (χ0n) is 16.5. The fourth-order valence-electron chi connectivity index (χ4n) is 4.22. The van der Waals surface area contributed by atoms with Crippen LogP contribution in [0.25, 0.3) is 28.1 Å². The molecule has 4 aromatic rings. The van der Waals surface area contributed by atoms with Crippen LogP contribution in [-0.4, -0.2) is 57.5 Å². The first-order valence-corrected chi connectivity index (χ1v) is 10.1. The standard InChI is InChI=1S/C23H24N4O2/c1-17(28)22-21(18-7-3-2-4-8-18)24-23-26(12-11-25-13-15-29-16-14-25)19-9-5-6-10-20(19)27(22)23/h2-10H,11-16H2,1H3. The summed E-state index contributed by atoms with van der Waals surface area (Å²) < 4.78 is 9.74. The molecule has 2 aromatic heterocycles. The van der Waals surface area contributed by atoms with Crippen molar-refractivity contribution in [2.75, 3.05) is 32.8 Å². The van der Waals surface area contributed by atoms with E-state index in [1.807, 2.05) is 46.9 Å². The molecule has 0 aliphatic carbocycles. The molecule has 0 unspecified atom stereocenters. The Morgan fingerprint density at radius 2 is 1.66 bits per heavy atom. The first kappa shape index (κ1) is 18.1. The van der Waals surface area contributed by atoms with Crippen molar-refractivity contribution < 1.29 is 9.53 Å². The highest BCUT2D eigenvalue weighted by molar-refractivity contribution is 6.01. The van der Waals surface area contributed by atoms with Crippen molar-refractivity contribution in [2.45, 2.75) is 13.5 Å². The van der Waals surface area contributed by atoms with Crippen molar-refractivity contribution >= 4 is 22.6 Å². The first-order valence-electron chi connectivity index (χ1n) is 10.1. The number of carbonyl (C=O) groups is 1. The Morgan fingerprint density at radius 3 is 2.38 bits per heavy atom. The minimum Gasteiger partial charge on any atom is -0.379 e. The van der Waals surface area contributed by atoms with Crippen molar-refractivity contribution in [3.05, 3.63) is 60.3 Å². The zero-order chi connectivity index (χ0) is 19.8. The lowest BCUT2D eigenvalue weighted by Gasteiger charge is -2.26. The molecule has 0 N–H and O–H groups in total. The Hall–Kier alpha value is -2.96. The second-order valence-corrected chi connectivity index (χ2v) is 7.46. The molecule has 148 valence electrons. The molecule has 3 heterocycles. The number of imidazole rings is 2. The molecular formula is C23H24N4O2. The number of fused-ring (bicyclic) bond motifs is 3. The number of nitrogens with zero attached hydrogens (tertiary/aromatic N) is 4. The molecule has 2 aromatic carbocycles. The number of rotatable bonds is 5. The van der Waals surface area contributed by atoms with Gasteiger partial charge >= 0.3 is 0 Å². The van der Waals surface area contributed by atoms with Gasteiger partial charge in [-0.15, -0.1) is 0 Å². The van der Waals surface area contributed by atoms with E-state index in [0.717, 1.165) is 67.5 Å². The average Bonchev–Trinajstić information content (AvgIpc) is 3.29. The van der Waals surface area contributed by atoms with Gasteiger partial charge in [0, 0.05) is 38.7 Å². The molecular weight excluding hydrogens is 364 g/mol. The fraction of sp³-hybridized carbons (Fsp3) is 0.304. The fourth-order valence-corrected chi connectivity index (χ4v) is 4.22. The lowest BCUT2D eigenvalue weighted by Crippen LogP contribution is -2.38. The van der Waals surface area contributed by atoms with Gasteiger partial charge in [0.2, 0.25) is 5.78 Å². The highest BCUT2D eigenvalue weighted by Crippen LogP contribution is 2.30. The molecule has 0 saturated carbocycles. The van der Waals surface area contributed by atoms with Crippen molar-refractivity contribution in [3.8, 4) is 11.3 Å². The van der Waals surface area contributed by atoms with Crippen LogP contribution in [-0.2, 0) is 11.3 Å². The van der Waals surface area contributed by atoms with Gasteiger partial charge in [-0.25, -0.2) is 4.98 Å². The Labute approximate surface area is 169 Å². The number of morpholine rings is 1. The van der Waals surface area contributed by atoms with Gasteiger partial charge in [-0.3, -0.25) is 14.1 Å². The predicted octanol–water partition coefficient (Wildman–Crippen LogP) is 3.49. The molecule has 1 aliphatic rings. The lowest BCUT2D eigenvalue weighted by molar-refractivity contribution is 0.0366. The van der Waals surface area contributed by atoms with Crippen molar-refractivity contribution in [1.82, 2.24) is 18.9 Å². The van der Waals surface area contributed by atoms with Crippen LogP contribution in [0.5, 0.6) is 0 Å². The van der Waals surface area contributed by atoms with Crippen LogP contribution in [0.2, 0.25) is 0 Å². The summed E-state index contributed by atoms with van der Waals surface area (Å²) in [4.78, 5) is 20.1. The number of ketones is 1. The van der Waals surface area contributed by atoms with Crippen LogP contribution in [0.4, 0.5) is 0 Å². The van der Waals surface area contributed by atoms with Crippen LogP contribution in [0.1, 0.15) is 17.4 Å². The van der Waals surface area contributed by atoms with Gasteiger partial charge in [0.25, 0.3) is 0 Å². The maximum Gasteiger partial charge on any atom is 0.216 e. The normalized spacial score (nSPS) is 15.3. The monoisotopic (exact) mass is 388 g/mol. The second-order valence-electron chi connectivity index (χ2n) is 7.46. The molecule has 29 heavy (non-hydrogen) atoms. The third kappa shape index (κ3) is 3.14. The summed E-state index contributed by atoms with van der Waals surface area (Å²) in [5.74, 6) is 0.843. The molecule has 6 nitrogen and oxygen atoms in total. The molecule has 0 atom stereocenters. The minimum absolute atomic E-state index is 0.0208. The van der Waals surface area contributed by atoms with Crippen molar-refractivity contribution in [1.29, 1.82) is 0 Å². The smallest absolute Gasteiger partial charge is 0.216 e. The second kappa shape index (κ2) is 7.46. The first-order chi connectivity index (χ1) is 14.2. The summed E-state index contributed by atoms with van der Waals surface area (Å²) in [7, 11) is 0. The zero-order valence-corrected chi connectivity index (χ0v) is 16.5.